The van der Waals surface area contributed by atoms with E-state index in [9.17, 15) is 5.11 Å². The van der Waals surface area contributed by atoms with Gasteiger partial charge in [-0.15, -0.1) is 0 Å². The second kappa shape index (κ2) is 4.07. The molecule has 0 bridgehead atoms. The van der Waals surface area contributed by atoms with Gasteiger partial charge in [0, 0.05) is 12.8 Å². The molecule has 2 heteroatoms. The first-order chi connectivity index (χ1) is 5.27. The Labute approximate surface area is 68.6 Å². The molecule has 0 aromatic rings. The van der Waals surface area contributed by atoms with Gasteiger partial charge in [-0.25, -0.2) is 0 Å². The molecule has 66 valence electrons. The van der Waals surface area contributed by atoms with Crippen molar-refractivity contribution in [2.75, 3.05) is 6.61 Å². The van der Waals surface area contributed by atoms with Crippen LogP contribution in [0, 0.1) is 0 Å². The number of aliphatic hydroxyl groups is 1. The summed E-state index contributed by atoms with van der Waals surface area (Å²) in [4.78, 5) is 0. The quantitative estimate of drug-likeness (QED) is 0.681. The van der Waals surface area contributed by atoms with Gasteiger partial charge < -0.3 is 9.84 Å². The zero-order chi connectivity index (χ0) is 8.16. The van der Waals surface area contributed by atoms with Gasteiger partial charge in [-0.05, 0) is 19.3 Å². The molecule has 0 amide bonds. The summed E-state index contributed by atoms with van der Waals surface area (Å²) in [6.07, 6.45) is 6.05. The Kier molecular flexibility index (Phi) is 3.34. The van der Waals surface area contributed by atoms with Crippen LogP contribution in [0.5, 0.6) is 0 Å². The first-order valence-corrected chi connectivity index (χ1v) is 4.63. The number of ether oxygens (including phenoxy) is 1. The average molecular weight is 158 g/mol. The van der Waals surface area contributed by atoms with Gasteiger partial charge in [-0.1, -0.05) is 13.3 Å². The van der Waals surface area contributed by atoms with Crippen LogP contribution in [0.15, 0.2) is 0 Å². The average Bonchev–Trinajstić information content (AvgIpc) is 2.03. The van der Waals surface area contributed by atoms with E-state index >= 15 is 0 Å². The van der Waals surface area contributed by atoms with Crippen LogP contribution in [0.3, 0.4) is 0 Å². The Bertz CT molecular complexity index is 106. The molecular weight excluding hydrogens is 140 g/mol. The molecule has 2 nitrogen and oxygen atoms in total. The predicted molar refractivity (Wildman–Crippen MR) is 44.3 cm³/mol. The van der Waals surface area contributed by atoms with Gasteiger partial charge in [-0.3, -0.25) is 0 Å². The fourth-order valence-electron chi connectivity index (χ4n) is 1.49. The Morgan fingerprint density at radius 1 is 1.45 bits per heavy atom. The Morgan fingerprint density at radius 2 is 2.27 bits per heavy atom. The zero-order valence-electron chi connectivity index (χ0n) is 7.31. The van der Waals surface area contributed by atoms with Crippen LogP contribution in [-0.2, 0) is 4.74 Å². The topological polar surface area (TPSA) is 29.5 Å². The Hall–Kier alpha value is -0.0800. The van der Waals surface area contributed by atoms with Crippen LogP contribution in [0.4, 0.5) is 0 Å². The van der Waals surface area contributed by atoms with Crippen molar-refractivity contribution in [2.45, 2.75) is 51.2 Å². The van der Waals surface area contributed by atoms with E-state index in [0.717, 1.165) is 45.1 Å². The molecule has 1 N–H and O–H groups in total. The molecule has 1 fully saturated rings. The first kappa shape index (κ1) is 9.01. The van der Waals surface area contributed by atoms with E-state index in [2.05, 4.69) is 6.92 Å². The summed E-state index contributed by atoms with van der Waals surface area (Å²) in [6.45, 7) is 2.87. The van der Waals surface area contributed by atoms with Crippen molar-refractivity contribution in [3.8, 4) is 0 Å². The van der Waals surface area contributed by atoms with Crippen molar-refractivity contribution in [1.29, 1.82) is 0 Å². The van der Waals surface area contributed by atoms with Gasteiger partial charge in [0.25, 0.3) is 0 Å². The monoisotopic (exact) mass is 158 g/mol. The van der Waals surface area contributed by atoms with Gasteiger partial charge in [0.15, 0.2) is 5.79 Å². The molecule has 1 aliphatic heterocycles. The highest BCUT2D eigenvalue weighted by atomic mass is 16.6. The van der Waals surface area contributed by atoms with Gasteiger partial charge in [0.05, 0.1) is 6.61 Å². The molecule has 0 aromatic heterocycles. The predicted octanol–water partition coefficient (Wildman–Crippen LogP) is 2.07. The minimum atomic E-state index is -0.770. The second-order valence-corrected chi connectivity index (χ2v) is 3.36. The van der Waals surface area contributed by atoms with E-state index in [-0.39, 0.29) is 0 Å². The number of unbranched alkanes of at least 4 members (excludes halogenated alkanes) is 1. The van der Waals surface area contributed by atoms with E-state index < -0.39 is 5.79 Å². The van der Waals surface area contributed by atoms with Crippen molar-refractivity contribution in [3.05, 3.63) is 0 Å². The summed E-state index contributed by atoms with van der Waals surface area (Å²) in [5.41, 5.74) is 0. The van der Waals surface area contributed by atoms with E-state index in [1.807, 2.05) is 0 Å². The van der Waals surface area contributed by atoms with Crippen LogP contribution in [0.1, 0.15) is 45.4 Å². The Balaban J connectivity index is 2.25. The van der Waals surface area contributed by atoms with Crippen LogP contribution in [0.2, 0.25) is 0 Å². The van der Waals surface area contributed by atoms with E-state index in [1.54, 1.807) is 0 Å². The van der Waals surface area contributed by atoms with E-state index in [1.165, 1.54) is 0 Å². The largest absolute Gasteiger partial charge is 0.365 e. The third-order valence-corrected chi connectivity index (χ3v) is 2.25. The Morgan fingerprint density at radius 3 is 2.82 bits per heavy atom. The maximum absolute atomic E-state index is 9.78. The molecule has 1 heterocycles. The summed E-state index contributed by atoms with van der Waals surface area (Å²) in [6, 6.07) is 0. The maximum atomic E-state index is 9.78. The van der Waals surface area contributed by atoms with Crippen molar-refractivity contribution >= 4 is 0 Å². The lowest BCUT2D eigenvalue weighted by Crippen LogP contribution is -2.35. The highest BCUT2D eigenvalue weighted by Crippen LogP contribution is 2.26. The molecule has 0 aliphatic carbocycles. The lowest BCUT2D eigenvalue weighted by Gasteiger charge is -2.32. The summed E-state index contributed by atoms with van der Waals surface area (Å²) in [5, 5.41) is 9.78. The molecule has 11 heavy (non-hydrogen) atoms. The smallest absolute Gasteiger partial charge is 0.165 e. The highest BCUT2D eigenvalue weighted by molar-refractivity contribution is 4.70. The lowest BCUT2D eigenvalue weighted by atomic mass is 10.0. The second-order valence-electron chi connectivity index (χ2n) is 3.36. The van der Waals surface area contributed by atoms with E-state index in [4.69, 9.17) is 4.74 Å². The minimum absolute atomic E-state index is 0.736. The summed E-state index contributed by atoms with van der Waals surface area (Å²) >= 11 is 0. The van der Waals surface area contributed by atoms with Crippen LogP contribution < -0.4 is 0 Å². The summed E-state index contributed by atoms with van der Waals surface area (Å²) in [7, 11) is 0. The molecule has 0 radical (unpaired) electrons. The summed E-state index contributed by atoms with van der Waals surface area (Å²) < 4.78 is 5.32. The molecular formula is C9H18O2. The van der Waals surface area contributed by atoms with Crippen LogP contribution in [-0.4, -0.2) is 17.5 Å². The third-order valence-electron chi connectivity index (χ3n) is 2.25. The molecule has 1 unspecified atom stereocenters. The molecule has 0 spiro atoms. The molecule has 1 atom stereocenters. The van der Waals surface area contributed by atoms with Crippen LogP contribution in [0.25, 0.3) is 0 Å². The fourth-order valence-corrected chi connectivity index (χ4v) is 1.49. The van der Waals surface area contributed by atoms with Gasteiger partial charge in [-0.2, -0.15) is 0 Å². The number of rotatable bonds is 3. The number of hydrogen-bond donors (Lipinski definition) is 1. The summed E-state index contributed by atoms with van der Waals surface area (Å²) in [5.74, 6) is -0.770. The molecule has 1 aliphatic rings. The molecule has 0 aromatic carbocycles. The SMILES string of the molecule is CCCCC1(O)CCCCO1. The van der Waals surface area contributed by atoms with Crippen molar-refractivity contribution < 1.29 is 9.84 Å². The van der Waals surface area contributed by atoms with Gasteiger partial charge >= 0.3 is 0 Å². The minimum Gasteiger partial charge on any atom is -0.365 e. The normalized spacial score (nSPS) is 32.2. The molecule has 1 saturated heterocycles. The van der Waals surface area contributed by atoms with Crippen molar-refractivity contribution in [1.82, 2.24) is 0 Å². The standard InChI is InChI=1S/C9H18O2/c1-2-3-6-9(10)7-4-5-8-11-9/h10H,2-8H2,1H3. The molecule has 0 saturated carbocycles. The molecule has 1 rings (SSSR count). The zero-order valence-corrected chi connectivity index (χ0v) is 7.31. The van der Waals surface area contributed by atoms with Gasteiger partial charge in [0.2, 0.25) is 0 Å². The van der Waals surface area contributed by atoms with Crippen molar-refractivity contribution in [2.24, 2.45) is 0 Å². The highest BCUT2D eigenvalue weighted by Gasteiger charge is 2.28. The van der Waals surface area contributed by atoms with Crippen LogP contribution >= 0.6 is 0 Å². The van der Waals surface area contributed by atoms with E-state index in [0.29, 0.717) is 0 Å². The lowest BCUT2D eigenvalue weighted by molar-refractivity contribution is -0.228. The number of hydrogen-bond acceptors (Lipinski definition) is 2. The fraction of sp³-hybridized carbons (Fsp3) is 1.00. The first-order valence-electron chi connectivity index (χ1n) is 4.63. The maximum Gasteiger partial charge on any atom is 0.165 e. The third kappa shape index (κ3) is 2.80. The van der Waals surface area contributed by atoms with Crippen molar-refractivity contribution in [3.63, 3.8) is 0 Å². The van der Waals surface area contributed by atoms with Gasteiger partial charge in [0.1, 0.15) is 0 Å².